The van der Waals surface area contributed by atoms with Crippen LogP contribution in [-0.4, -0.2) is 52.8 Å². The first-order valence-electron chi connectivity index (χ1n) is 7.98. The topological polar surface area (TPSA) is 198 Å². The highest BCUT2D eigenvalue weighted by atomic mass is 31.2. The fourth-order valence-electron chi connectivity index (χ4n) is 2.48. The van der Waals surface area contributed by atoms with Crippen molar-refractivity contribution in [1.29, 1.82) is 0 Å². The summed E-state index contributed by atoms with van der Waals surface area (Å²) in [5.41, 5.74) is 7.74. The Morgan fingerprint density at radius 3 is 2.96 bits per heavy atom. The number of azide groups is 1. The first kappa shape index (κ1) is 21.8. The van der Waals surface area contributed by atoms with Crippen LogP contribution in [0.2, 0.25) is 0 Å². The molecule has 154 valence electrons. The van der Waals surface area contributed by atoms with Crippen LogP contribution >= 0.6 is 7.75 Å². The van der Waals surface area contributed by atoms with Crippen molar-refractivity contribution in [2.24, 2.45) is 5.11 Å². The fourth-order valence-corrected chi connectivity index (χ4v) is 3.25. The Kier molecular flexibility index (Phi) is 7.13. The van der Waals surface area contributed by atoms with E-state index < -0.39 is 56.5 Å². The predicted octanol–water partition coefficient (Wildman–Crippen LogP) is -0.309. The van der Waals surface area contributed by atoms with Crippen LogP contribution in [0.4, 0.5) is 0 Å². The summed E-state index contributed by atoms with van der Waals surface area (Å²) in [7, 11) is -3.24. The zero-order chi connectivity index (χ0) is 20.9. The summed E-state index contributed by atoms with van der Waals surface area (Å²) < 4.78 is 27.9. The molecule has 0 saturated carbocycles. The van der Waals surface area contributed by atoms with Crippen molar-refractivity contribution in [3.8, 4) is 0 Å². The maximum atomic E-state index is 12.0. The summed E-state index contributed by atoms with van der Waals surface area (Å²) in [6, 6.07) is -0.797. The number of carbonyl (C=O) groups is 1. The maximum absolute atomic E-state index is 12.0. The Bertz CT molecular complexity index is 938. The standard InChI is InChI=1S/C13H19N6O8P/c1-7-5-19(13(22)16-12(7)21)10-3-8(17-18-14)9(27-10)6-26-28(23,24)15-4-11(20)25-2/h5,8-10H,3-4,6H2,1-2H3,(H2,15,23,24)(H,16,21,22)/t8-,9+,10+/m0/s1. The van der Waals surface area contributed by atoms with Gasteiger partial charge in [-0.25, -0.2) is 14.4 Å². The van der Waals surface area contributed by atoms with Gasteiger partial charge in [-0.05, 0) is 12.5 Å². The third-order valence-corrected chi connectivity index (χ3v) is 4.98. The molecule has 2 heterocycles. The molecule has 0 spiro atoms. The SMILES string of the molecule is COC(=O)CNP(=O)(O)OC[C@H]1O[C@@H](n2cc(C)c(=O)[nH]c2=O)C[C@@H]1N=[N+]=[N-]. The third-order valence-electron chi connectivity index (χ3n) is 3.92. The van der Waals surface area contributed by atoms with Crippen molar-refractivity contribution in [3.63, 3.8) is 0 Å². The smallest absolute Gasteiger partial charge is 0.403 e. The second kappa shape index (κ2) is 9.15. The van der Waals surface area contributed by atoms with Crippen LogP contribution < -0.4 is 16.3 Å². The molecule has 1 fully saturated rings. The average Bonchev–Trinajstić information content (AvgIpc) is 3.04. The normalized spacial score (nSPS) is 23.6. The monoisotopic (exact) mass is 418 g/mol. The van der Waals surface area contributed by atoms with Gasteiger partial charge in [0.1, 0.15) is 12.8 Å². The highest BCUT2D eigenvalue weighted by Gasteiger charge is 2.38. The van der Waals surface area contributed by atoms with Crippen molar-refractivity contribution >= 4 is 13.7 Å². The Morgan fingerprint density at radius 2 is 2.32 bits per heavy atom. The average molecular weight is 418 g/mol. The van der Waals surface area contributed by atoms with Gasteiger partial charge in [-0.1, -0.05) is 5.11 Å². The molecule has 15 heteroatoms. The molecule has 0 aromatic carbocycles. The quantitative estimate of drug-likeness (QED) is 0.167. The summed E-state index contributed by atoms with van der Waals surface area (Å²) in [4.78, 5) is 49.0. The number of ether oxygens (including phenoxy) is 2. The molecule has 1 aromatic heterocycles. The van der Waals surface area contributed by atoms with Crippen LogP contribution in [0, 0.1) is 6.92 Å². The van der Waals surface area contributed by atoms with Gasteiger partial charge in [0.2, 0.25) is 0 Å². The van der Waals surface area contributed by atoms with E-state index >= 15 is 0 Å². The molecule has 1 aliphatic heterocycles. The highest BCUT2D eigenvalue weighted by molar-refractivity contribution is 7.50. The molecule has 4 atom stereocenters. The zero-order valence-corrected chi connectivity index (χ0v) is 15.9. The lowest BCUT2D eigenvalue weighted by molar-refractivity contribution is -0.139. The number of carbonyl (C=O) groups excluding carboxylic acids is 1. The fraction of sp³-hybridized carbons (Fsp3) is 0.615. The molecule has 1 saturated heterocycles. The van der Waals surface area contributed by atoms with Crippen molar-refractivity contribution in [2.75, 3.05) is 20.3 Å². The van der Waals surface area contributed by atoms with Crippen LogP contribution in [0.25, 0.3) is 10.4 Å². The van der Waals surface area contributed by atoms with E-state index in [9.17, 15) is 23.8 Å². The number of hydrogen-bond acceptors (Lipinski definition) is 8. The molecule has 14 nitrogen and oxygen atoms in total. The van der Waals surface area contributed by atoms with Crippen LogP contribution in [0.3, 0.4) is 0 Å². The largest absolute Gasteiger partial charge is 0.468 e. The van der Waals surface area contributed by atoms with Crippen molar-refractivity contribution < 1.29 is 28.3 Å². The minimum atomic E-state index is -4.35. The van der Waals surface area contributed by atoms with Crippen LogP contribution in [-0.2, 0) is 23.4 Å². The van der Waals surface area contributed by atoms with Crippen LogP contribution in [0.1, 0.15) is 18.2 Å². The minimum absolute atomic E-state index is 0.0782. The number of aryl methyl sites for hydroxylation is 1. The van der Waals surface area contributed by atoms with E-state index in [0.29, 0.717) is 0 Å². The minimum Gasteiger partial charge on any atom is -0.468 e. The van der Waals surface area contributed by atoms with E-state index in [2.05, 4.69) is 19.7 Å². The van der Waals surface area contributed by atoms with E-state index in [1.165, 1.54) is 13.1 Å². The number of esters is 1. The van der Waals surface area contributed by atoms with Crippen LogP contribution in [0.15, 0.2) is 20.9 Å². The van der Waals surface area contributed by atoms with E-state index in [4.69, 9.17) is 14.8 Å². The third kappa shape index (κ3) is 5.52. The lowest BCUT2D eigenvalue weighted by atomic mass is 10.1. The Balaban J connectivity index is 2.10. The summed E-state index contributed by atoms with van der Waals surface area (Å²) in [5, 5.41) is 5.57. The predicted molar refractivity (Wildman–Crippen MR) is 93.3 cm³/mol. The van der Waals surface area contributed by atoms with Crippen molar-refractivity contribution in [1.82, 2.24) is 14.6 Å². The summed E-state index contributed by atoms with van der Waals surface area (Å²) in [6.45, 7) is 0.494. The lowest BCUT2D eigenvalue weighted by Crippen LogP contribution is -2.33. The highest BCUT2D eigenvalue weighted by Crippen LogP contribution is 2.39. The molecule has 0 aliphatic carbocycles. The Hall–Kier alpha value is -2.47. The van der Waals surface area contributed by atoms with E-state index in [1.54, 1.807) is 0 Å². The van der Waals surface area contributed by atoms with Crippen LogP contribution in [0.5, 0.6) is 0 Å². The first-order valence-corrected chi connectivity index (χ1v) is 9.55. The van der Waals surface area contributed by atoms with Gasteiger partial charge < -0.3 is 14.4 Å². The summed E-state index contributed by atoms with van der Waals surface area (Å²) in [5.74, 6) is -0.769. The van der Waals surface area contributed by atoms with Crippen molar-refractivity contribution in [3.05, 3.63) is 43.0 Å². The van der Waals surface area contributed by atoms with E-state index in [-0.39, 0.29) is 12.0 Å². The second-order valence-corrected chi connectivity index (χ2v) is 7.46. The van der Waals surface area contributed by atoms with Gasteiger partial charge in [0.05, 0.1) is 25.9 Å². The lowest BCUT2D eigenvalue weighted by Gasteiger charge is -2.19. The molecule has 0 radical (unpaired) electrons. The summed E-state index contributed by atoms with van der Waals surface area (Å²) >= 11 is 0. The van der Waals surface area contributed by atoms with E-state index in [0.717, 1.165) is 11.7 Å². The molecular formula is C13H19N6O8P. The molecule has 1 unspecified atom stereocenters. The molecule has 0 bridgehead atoms. The second-order valence-electron chi connectivity index (χ2n) is 5.84. The van der Waals surface area contributed by atoms with Crippen molar-refractivity contribution in [2.45, 2.75) is 31.7 Å². The maximum Gasteiger partial charge on any atom is 0.403 e. The molecule has 1 aromatic rings. The first-order chi connectivity index (χ1) is 13.2. The number of aromatic amines is 1. The van der Waals surface area contributed by atoms with Gasteiger partial charge in [-0.15, -0.1) is 0 Å². The molecule has 28 heavy (non-hydrogen) atoms. The number of nitrogens with one attached hydrogen (secondary N) is 2. The molecular weight excluding hydrogens is 399 g/mol. The van der Waals surface area contributed by atoms with Gasteiger partial charge in [0.15, 0.2) is 0 Å². The molecule has 0 amide bonds. The molecule has 2 rings (SSSR count). The number of methoxy groups -OCH3 is 1. The number of aromatic nitrogens is 2. The molecule has 1 aliphatic rings. The van der Waals surface area contributed by atoms with Gasteiger partial charge in [-0.3, -0.25) is 23.7 Å². The van der Waals surface area contributed by atoms with E-state index in [1.807, 2.05) is 5.09 Å². The van der Waals surface area contributed by atoms with Gasteiger partial charge >= 0.3 is 19.4 Å². The number of rotatable bonds is 8. The Morgan fingerprint density at radius 1 is 1.61 bits per heavy atom. The number of H-pyrrole nitrogens is 1. The number of nitrogens with zero attached hydrogens (tertiary/aromatic N) is 4. The van der Waals surface area contributed by atoms with Gasteiger partial charge in [0.25, 0.3) is 5.56 Å². The number of hydrogen-bond donors (Lipinski definition) is 3. The zero-order valence-electron chi connectivity index (χ0n) is 15.0. The summed E-state index contributed by atoms with van der Waals surface area (Å²) in [6.07, 6.45) is -0.444. The molecule has 3 N–H and O–H groups in total. The van der Waals surface area contributed by atoms with Gasteiger partial charge in [0, 0.05) is 23.1 Å². The van der Waals surface area contributed by atoms with Gasteiger partial charge in [-0.2, -0.15) is 0 Å². The Labute approximate surface area is 157 Å².